The van der Waals surface area contributed by atoms with Crippen molar-refractivity contribution >= 4 is 11.7 Å². The molecule has 1 aromatic heterocycles. The molecule has 1 saturated carbocycles. The molecule has 2 aliphatic rings. The lowest BCUT2D eigenvalue weighted by atomic mass is 9.94. The number of anilines is 1. The van der Waals surface area contributed by atoms with Crippen LogP contribution >= 0.6 is 0 Å². The quantitative estimate of drug-likeness (QED) is 0.349. The van der Waals surface area contributed by atoms with E-state index in [2.05, 4.69) is 44.0 Å². The van der Waals surface area contributed by atoms with Crippen molar-refractivity contribution in [3.8, 4) is 22.7 Å². The van der Waals surface area contributed by atoms with Gasteiger partial charge in [-0.3, -0.25) is 4.90 Å². The van der Waals surface area contributed by atoms with Gasteiger partial charge in [0.25, 0.3) is 0 Å². The molecular formula is C31H40FN5O2. The van der Waals surface area contributed by atoms with Crippen molar-refractivity contribution in [2.45, 2.75) is 72.4 Å². The van der Waals surface area contributed by atoms with Gasteiger partial charge in [0.15, 0.2) is 0 Å². The van der Waals surface area contributed by atoms with Crippen LogP contribution in [0, 0.1) is 24.6 Å². The molecule has 2 amide bonds. The number of primary amides is 1. The van der Waals surface area contributed by atoms with E-state index in [1.54, 1.807) is 6.07 Å². The molecule has 1 fully saturated rings. The number of benzene rings is 2. The number of carbonyl (C=O) groups is 1. The summed E-state index contributed by atoms with van der Waals surface area (Å²) in [6.07, 6.45) is 6.04. The molecule has 8 heteroatoms. The van der Waals surface area contributed by atoms with Gasteiger partial charge < -0.3 is 15.8 Å². The Morgan fingerprint density at radius 2 is 1.97 bits per heavy atom. The summed E-state index contributed by atoms with van der Waals surface area (Å²) in [6.45, 7) is 11.0. The molecule has 1 aliphatic carbocycles. The van der Waals surface area contributed by atoms with Gasteiger partial charge >= 0.3 is 6.03 Å². The summed E-state index contributed by atoms with van der Waals surface area (Å²) in [5, 5.41) is 7.50. The van der Waals surface area contributed by atoms with Crippen LogP contribution in [0.2, 0.25) is 0 Å². The second kappa shape index (κ2) is 11.4. The van der Waals surface area contributed by atoms with Crippen molar-refractivity contribution in [1.82, 2.24) is 14.7 Å². The van der Waals surface area contributed by atoms with E-state index in [-0.39, 0.29) is 5.69 Å². The fraction of sp³-hybridized carbons (Fsp3) is 0.484. The van der Waals surface area contributed by atoms with E-state index in [1.165, 1.54) is 31.7 Å². The molecule has 5 rings (SSSR count). The first-order chi connectivity index (χ1) is 18.7. The monoisotopic (exact) mass is 533 g/mol. The van der Waals surface area contributed by atoms with Crippen LogP contribution in [0.3, 0.4) is 0 Å². The first-order valence-electron chi connectivity index (χ1n) is 14.2. The van der Waals surface area contributed by atoms with Gasteiger partial charge in [-0.1, -0.05) is 44.9 Å². The molecule has 0 spiro atoms. The van der Waals surface area contributed by atoms with E-state index in [9.17, 15) is 4.79 Å². The highest BCUT2D eigenvalue weighted by Crippen LogP contribution is 2.39. The molecular weight excluding hydrogens is 493 g/mol. The molecule has 2 heterocycles. The third kappa shape index (κ3) is 5.66. The number of ether oxygens (including phenoxy) is 1. The van der Waals surface area contributed by atoms with Crippen molar-refractivity contribution in [1.29, 1.82) is 0 Å². The number of urea groups is 1. The number of amides is 2. The van der Waals surface area contributed by atoms with E-state index < -0.39 is 11.8 Å². The Balaban J connectivity index is 1.63. The summed E-state index contributed by atoms with van der Waals surface area (Å²) in [5.41, 5.74) is 10.9. The van der Waals surface area contributed by atoms with Gasteiger partial charge in [0.2, 0.25) is 0 Å². The Kier molecular flexibility index (Phi) is 7.93. The highest BCUT2D eigenvalue weighted by molar-refractivity contribution is 5.88. The second-order valence-electron chi connectivity index (χ2n) is 11.5. The zero-order chi connectivity index (χ0) is 27.7. The number of nitrogens with one attached hydrogen (secondary N) is 1. The van der Waals surface area contributed by atoms with Crippen LogP contribution in [-0.2, 0) is 13.0 Å². The lowest BCUT2D eigenvalue weighted by Gasteiger charge is -2.35. The summed E-state index contributed by atoms with van der Waals surface area (Å²) in [4.78, 5) is 13.9. The third-order valence-corrected chi connectivity index (χ3v) is 8.21. The predicted octanol–water partition coefficient (Wildman–Crippen LogP) is 6.45. The maximum Gasteiger partial charge on any atom is 0.316 e. The lowest BCUT2D eigenvalue weighted by Crippen LogP contribution is -2.41. The lowest BCUT2D eigenvalue weighted by molar-refractivity contribution is 0.140. The highest BCUT2D eigenvalue weighted by Gasteiger charge is 2.33. The number of halogens is 1. The zero-order valence-electron chi connectivity index (χ0n) is 23.5. The molecule has 0 saturated heterocycles. The Hall–Kier alpha value is -3.39. The molecule has 0 radical (unpaired) electrons. The highest BCUT2D eigenvalue weighted by atomic mass is 19.1. The van der Waals surface area contributed by atoms with Gasteiger partial charge in [-0.15, -0.1) is 0 Å². The van der Waals surface area contributed by atoms with Gasteiger partial charge in [-0.05, 0) is 62.3 Å². The van der Waals surface area contributed by atoms with E-state index >= 15 is 4.39 Å². The molecule has 3 aromatic rings. The van der Waals surface area contributed by atoms with Crippen molar-refractivity contribution in [2.24, 2.45) is 17.6 Å². The molecule has 39 heavy (non-hydrogen) atoms. The molecule has 208 valence electrons. The molecule has 1 aliphatic heterocycles. The average molecular weight is 534 g/mol. The van der Waals surface area contributed by atoms with E-state index in [4.69, 9.17) is 15.6 Å². The first kappa shape index (κ1) is 27.2. The summed E-state index contributed by atoms with van der Waals surface area (Å²) in [6, 6.07) is 10.6. The number of rotatable bonds is 8. The van der Waals surface area contributed by atoms with E-state index in [0.717, 1.165) is 53.5 Å². The molecule has 0 bridgehead atoms. The maximum atomic E-state index is 15.2. The van der Waals surface area contributed by atoms with Crippen LogP contribution in [0.5, 0.6) is 5.75 Å². The summed E-state index contributed by atoms with van der Waals surface area (Å²) < 4.78 is 23.4. The minimum Gasteiger partial charge on any atom is -0.491 e. The Morgan fingerprint density at radius 1 is 1.21 bits per heavy atom. The van der Waals surface area contributed by atoms with Gasteiger partial charge in [-0.25, -0.2) is 13.9 Å². The largest absolute Gasteiger partial charge is 0.491 e. The molecule has 3 N–H and O–H groups in total. The minimum atomic E-state index is -0.799. The Bertz CT molecular complexity index is 1340. The number of fused-ring (bicyclic) bond motifs is 1. The Labute approximate surface area is 230 Å². The number of aryl methyl sites for hydroxylation is 1. The SMILES string of the molecule is Cc1cccc(OCC(C)C)c1-n1nc2c(c1-c1ccc(NC(N)=O)c(F)c1)CN(C(C)C1CCCC1)CC2. The Morgan fingerprint density at radius 3 is 2.67 bits per heavy atom. The standard InChI is InChI=1S/C31H40FN5O2/c1-19(2)18-39-28-11-7-8-20(3)29(28)37-30(23-12-13-27(25(32)16-23)34-31(33)38)24-17-36(15-14-26(24)35-37)21(4)22-9-5-6-10-22/h7-8,11-13,16,19,21-22H,5-6,9-10,14-15,17-18H2,1-4H3,(H3,33,34,38). The topological polar surface area (TPSA) is 85.4 Å². The molecule has 1 atom stereocenters. The number of hydrogen-bond donors (Lipinski definition) is 2. The average Bonchev–Trinajstić information content (AvgIpc) is 3.56. The van der Waals surface area contributed by atoms with Crippen LogP contribution < -0.4 is 15.8 Å². The number of hydrogen-bond acceptors (Lipinski definition) is 4. The van der Waals surface area contributed by atoms with Crippen molar-refractivity contribution < 1.29 is 13.9 Å². The minimum absolute atomic E-state index is 0.0551. The van der Waals surface area contributed by atoms with E-state index in [1.807, 2.05) is 22.9 Å². The normalized spacial score (nSPS) is 16.9. The molecule has 2 aromatic carbocycles. The third-order valence-electron chi connectivity index (χ3n) is 8.21. The first-order valence-corrected chi connectivity index (χ1v) is 14.2. The molecule has 1 unspecified atom stereocenters. The van der Waals surface area contributed by atoms with Crippen LogP contribution in [0.25, 0.3) is 16.9 Å². The summed E-state index contributed by atoms with van der Waals surface area (Å²) in [7, 11) is 0. The summed E-state index contributed by atoms with van der Waals surface area (Å²) in [5.74, 6) is 1.30. The number of aromatic nitrogens is 2. The smallest absolute Gasteiger partial charge is 0.316 e. The second-order valence-corrected chi connectivity index (χ2v) is 11.5. The van der Waals surface area contributed by atoms with Crippen LogP contribution in [0.4, 0.5) is 14.9 Å². The van der Waals surface area contributed by atoms with Crippen molar-refractivity contribution in [3.05, 3.63) is 59.0 Å². The van der Waals surface area contributed by atoms with Crippen molar-refractivity contribution in [3.63, 3.8) is 0 Å². The van der Waals surface area contributed by atoms with Gasteiger partial charge in [0, 0.05) is 36.7 Å². The number of nitrogens with two attached hydrogens (primary N) is 1. The van der Waals surface area contributed by atoms with E-state index in [0.29, 0.717) is 30.0 Å². The number of carbonyl (C=O) groups excluding carboxylic acids is 1. The fourth-order valence-corrected chi connectivity index (χ4v) is 6.11. The van der Waals surface area contributed by atoms with Gasteiger partial charge in [0.1, 0.15) is 17.3 Å². The van der Waals surface area contributed by atoms with Crippen LogP contribution in [0.15, 0.2) is 36.4 Å². The van der Waals surface area contributed by atoms with Gasteiger partial charge in [0.05, 0.1) is 23.7 Å². The fourth-order valence-electron chi connectivity index (χ4n) is 6.11. The summed E-state index contributed by atoms with van der Waals surface area (Å²) >= 11 is 0. The van der Waals surface area contributed by atoms with Crippen LogP contribution in [0.1, 0.15) is 63.3 Å². The van der Waals surface area contributed by atoms with Crippen LogP contribution in [-0.4, -0.2) is 39.9 Å². The van der Waals surface area contributed by atoms with Gasteiger partial charge in [-0.2, -0.15) is 5.10 Å². The predicted molar refractivity (Wildman–Crippen MR) is 153 cm³/mol. The number of para-hydroxylation sites is 1. The molecule has 7 nitrogen and oxygen atoms in total. The van der Waals surface area contributed by atoms with Crippen molar-refractivity contribution in [2.75, 3.05) is 18.5 Å². The zero-order valence-corrected chi connectivity index (χ0v) is 23.5. The number of nitrogens with zero attached hydrogens (tertiary/aromatic N) is 3. The maximum absolute atomic E-state index is 15.2.